The van der Waals surface area contributed by atoms with Gasteiger partial charge in [-0.3, -0.25) is 4.79 Å². The number of morpholine rings is 1. The summed E-state index contributed by atoms with van der Waals surface area (Å²) in [7, 11) is -3.68. The maximum Gasteiger partial charge on any atom is 0.243 e. The van der Waals surface area contributed by atoms with Crippen molar-refractivity contribution in [1.29, 1.82) is 0 Å². The molecule has 2 heterocycles. The van der Waals surface area contributed by atoms with E-state index in [9.17, 15) is 13.2 Å². The smallest absolute Gasteiger partial charge is 0.243 e. The fourth-order valence-corrected chi connectivity index (χ4v) is 5.72. The number of fused-ring (bicyclic) bond motifs is 1. The summed E-state index contributed by atoms with van der Waals surface area (Å²) in [4.78, 5) is 15.5. The van der Waals surface area contributed by atoms with Crippen molar-refractivity contribution in [2.45, 2.75) is 25.2 Å². The van der Waals surface area contributed by atoms with Crippen LogP contribution in [0.4, 0.5) is 11.4 Å². The summed E-state index contributed by atoms with van der Waals surface area (Å²) in [5, 5.41) is 3.01. The van der Waals surface area contributed by atoms with E-state index in [4.69, 9.17) is 9.47 Å². The molecular formula is C24H31N3O5S. The van der Waals surface area contributed by atoms with Gasteiger partial charge < -0.3 is 19.7 Å². The Bertz CT molecular complexity index is 1100. The zero-order valence-electron chi connectivity index (χ0n) is 19.1. The molecule has 2 aliphatic rings. The van der Waals surface area contributed by atoms with Crippen LogP contribution >= 0.6 is 0 Å². The van der Waals surface area contributed by atoms with Gasteiger partial charge in [-0.2, -0.15) is 4.31 Å². The Balaban J connectivity index is 1.62. The van der Waals surface area contributed by atoms with Crippen molar-refractivity contribution in [2.24, 2.45) is 5.92 Å². The van der Waals surface area contributed by atoms with Gasteiger partial charge in [0.25, 0.3) is 0 Å². The molecule has 33 heavy (non-hydrogen) atoms. The molecule has 1 N–H and O–H groups in total. The minimum Gasteiger partial charge on any atom is -0.492 e. The lowest BCUT2D eigenvalue weighted by molar-refractivity contribution is -0.121. The highest BCUT2D eigenvalue weighted by molar-refractivity contribution is 7.89. The van der Waals surface area contributed by atoms with Crippen molar-refractivity contribution in [3.8, 4) is 5.75 Å². The third-order valence-electron chi connectivity index (χ3n) is 6.19. The molecule has 2 aliphatic heterocycles. The van der Waals surface area contributed by atoms with Crippen molar-refractivity contribution in [3.63, 3.8) is 0 Å². The number of hydrogen-bond donors (Lipinski definition) is 1. The molecule has 9 heteroatoms. The number of nitrogens with zero attached hydrogens (tertiary/aromatic N) is 2. The molecule has 1 saturated heterocycles. The molecule has 2 aromatic carbocycles. The first-order valence-corrected chi connectivity index (χ1v) is 12.9. The molecular weight excluding hydrogens is 442 g/mol. The molecule has 178 valence electrons. The number of benzene rings is 2. The van der Waals surface area contributed by atoms with Crippen LogP contribution in [-0.4, -0.2) is 64.6 Å². The van der Waals surface area contributed by atoms with E-state index < -0.39 is 10.0 Å². The SMILES string of the molecule is CCN(CC)c1ccc(S(=O)(=O)N2CCOCC2)cc1NC(=O)C1COc2ccccc2C1. The lowest BCUT2D eigenvalue weighted by Crippen LogP contribution is -2.40. The summed E-state index contributed by atoms with van der Waals surface area (Å²) >= 11 is 0. The lowest BCUT2D eigenvalue weighted by Gasteiger charge is -2.29. The summed E-state index contributed by atoms with van der Waals surface area (Å²) < 4.78 is 38.9. The largest absolute Gasteiger partial charge is 0.492 e. The molecule has 0 aliphatic carbocycles. The van der Waals surface area contributed by atoms with Crippen molar-refractivity contribution < 1.29 is 22.7 Å². The van der Waals surface area contributed by atoms with E-state index in [1.807, 2.05) is 38.1 Å². The Kier molecular flexibility index (Phi) is 7.21. The number of carbonyl (C=O) groups is 1. The predicted octanol–water partition coefficient (Wildman–Crippen LogP) is 2.74. The number of ether oxygens (including phenoxy) is 2. The lowest BCUT2D eigenvalue weighted by atomic mass is 9.96. The van der Waals surface area contributed by atoms with Crippen molar-refractivity contribution in [3.05, 3.63) is 48.0 Å². The number of rotatable bonds is 7. The van der Waals surface area contributed by atoms with E-state index in [2.05, 4.69) is 10.2 Å². The van der Waals surface area contributed by atoms with E-state index in [0.29, 0.717) is 38.4 Å². The molecule has 8 nitrogen and oxygen atoms in total. The van der Waals surface area contributed by atoms with Gasteiger partial charge in [-0.05, 0) is 50.1 Å². The Morgan fingerprint density at radius 3 is 2.58 bits per heavy atom. The first-order valence-electron chi connectivity index (χ1n) is 11.4. The highest BCUT2D eigenvalue weighted by atomic mass is 32.2. The number of anilines is 2. The third-order valence-corrected chi connectivity index (χ3v) is 8.08. The molecule has 0 radical (unpaired) electrons. The Morgan fingerprint density at radius 1 is 1.12 bits per heavy atom. The highest BCUT2D eigenvalue weighted by Crippen LogP contribution is 2.32. The molecule has 0 saturated carbocycles. The van der Waals surface area contributed by atoms with Gasteiger partial charge in [0.1, 0.15) is 12.4 Å². The van der Waals surface area contributed by atoms with Crippen LogP contribution in [0.15, 0.2) is 47.4 Å². The average molecular weight is 474 g/mol. The average Bonchev–Trinajstić information content (AvgIpc) is 2.85. The van der Waals surface area contributed by atoms with Gasteiger partial charge in [0.05, 0.1) is 35.4 Å². The van der Waals surface area contributed by atoms with Gasteiger partial charge in [-0.1, -0.05) is 18.2 Å². The maximum absolute atomic E-state index is 13.2. The zero-order chi connectivity index (χ0) is 23.4. The summed E-state index contributed by atoms with van der Waals surface area (Å²) in [6.45, 7) is 7.20. The molecule has 0 spiro atoms. The second-order valence-corrected chi connectivity index (χ2v) is 10.1. The standard InChI is InChI=1S/C24H31N3O5S/c1-3-26(4-2)22-10-9-20(33(29,30)27-11-13-31-14-12-27)16-21(22)25-24(28)19-15-18-7-5-6-8-23(18)32-17-19/h5-10,16,19H,3-4,11-15,17H2,1-2H3,(H,25,28). The van der Waals surface area contributed by atoms with Crippen LogP contribution in [-0.2, 0) is 26.0 Å². The van der Waals surface area contributed by atoms with Crippen molar-refractivity contribution in [1.82, 2.24) is 4.31 Å². The van der Waals surface area contributed by atoms with E-state index in [0.717, 1.165) is 30.1 Å². The molecule has 1 fully saturated rings. The summed E-state index contributed by atoms with van der Waals surface area (Å²) in [6.07, 6.45) is 0.578. The third kappa shape index (κ3) is 5.00. The highest BCUT2D eigenvalue weighted by Gasteiger charge is 2.29. The van der Waals surface area contributed by atoms with Gasteiger partial charge in [0.2, 0.25) is 15.9 Å². The fraction of sp³-hybridized carbons (Fsp3) is 0.458. The van der Waals surface area contributed by atoms with Crippen molar-refractivity contribution >= 4 is 27.3 Å². The summed E-state index contributed by atoms with van der Waals surface area (Å²) in [6, 6.07) is 12.7. The fourth-order valence-electron chi connectivity index (χ4n) is 4.28. The molecule has 0 bridgehead atoms. The van der Waals surface area contributed by atoms with Gasteiger partial charge in [-0.15, -0.1) is 0 Å². The predicted molar refractivity (Wildman–Crippen MR) is 127 cm³/mol. The quantitative estimate of drug-likeness (QED) is 0.665. The molecule has 2 aromatic rings. The van der Waals surface area contributed by atoms with Crippen LogP contribution in [0.5, 0.6) is 5.75 Å². The van der Waals surface area contributed by atoms with Crippen molar-refractivity contribution in [2.75, 3.05) is 56.2 Å². The Hall–Kier alpha value is -2.62. The number of sulfonamides is 1. The second kappa shape index (κ2) is 10.1. The molecule has 1 amide bonds. The normalized spacial score (nSPS) is 18.8. The summed E-state index contributed by atoms with van der Waals surface area (Å²) in [5.41, 5.74) is 2.29. The summed E-state index contributed by atoms with van der Waals surface area (Å²) in [5.74, 6) is 0.270. The van der Waals surface area contributed by atoms with E-state index >= 15 is 0 Å². The van der Waals surface area contributed by atoms with Crippen LogP contribution in [0.3, 0.4) is 0 Å². The number of carbonyl (C=O) groups excluding carboxylic acids is 1. The van der Waals surface area contributed by atoms with Crippen LogP contribution in [0.2, 0.25) is 0 Å². The second-order valence-electron chi connectivity index (χ2n) is 8.18. The molecule has 4 rings (SSSR count). The Labute approximate surface area is 195 Å². The Morgan fingerprint density at radius 2 is 1.85 bits per heavy atom. The molecule has 1 unspecified atom stereocenters. The first-order chi connectivity index (χ1) is 15.9. The zero-order valence-corrected chi connectivity index (χ0v) is 19.9. The van der Waals surface area contributed by atoms with Crippen LogP contribution in [0, 0.1) is 5.92 Å². The van der Waals surface area contributed by atoms with Gasteiger partial charge in [0, 0.05) is 26.2 Å². The maximum atomic E-state index is 13.2. The van der Waals surface area contributed by atoms with Gasteiger partial charge in [0.15, 0.2) is 0 Å². The van der Waals surface area contributed by atoms with Crippen LogP contribution in [0.1, 0.15) is 19.4 Å². The topological polar surface area (TPSA) is 88.2 Å². The number of para-hydroxylation sites is 1. The number of nitrogens with one attached hydrogen (secondary N) is 1. The van der Waals surface area contributed by atoms with Gasteiger partial charge >= 0.3 is 0 Å². The van der Waals surface area contributed by atoms with E-state index in [1.54, 1.807) is 18.2 Å². The monoisotopic (exact) mass is 473 g/mol. The number of hydrogen-bond acceptors (Lipinski definition) is 6. The van der Waals surface area contributed by atoms with E-state index in [1.165, 1.54) is 4.31 Å². The van der Waals surface area contributed by atoms with Gasteiger partial charge in [-0.25, -0.2) is 8.42 Å². The van der Waals surface area contributed by atoms with Crippen LogP contribution < -0.4 is 15.0 Å². The van der Waals surface area contributed by atoms with Crippen LogP contribution in [0.25, 0.3) is 0 Å². The van der Waals surface area contributed by atoms with E-state index in [-0.39, 0.29) is 23.3 Å². The number of amides is 1. The minimum absolute atomic E-state index is 0.167. The molecule has 0 aromatic heterocycles. The minimum atomic E-state index is -3.68. The first kappa shape index (κ1) is 23.5. The molecule has 1 atom stereocenters.